The summed E-state index contributed by atoms with van der Waals surface area (Å²) in [5.74, 6) is 0. The largest absolute Gasteiger partial charge is 0.390 e. The molecule has 2 heterocycles. The van der Waals surface area contributed by atoms with Crippen LogP contribution in [0.4, 0.5) is 0 Å². The molecule has 1 atom stereocenters. The molecule has 90 valence electrons. The molecule has 0 amide bonds. The Morgan fingerprint density at radius 2 is 2.38 bits per heavy atom. The normalized spacial score (nSPS) is 22.9. The standard InChI is InChI=1S/C12H21N3O/c1-9(2)15-6-4-3-5-12(15)11-7-10(8-16)13-14-11/h7,9,12,16H,3-6,8H2,1-2H3,(H,13,14)/t12-/m0/s1. The highest BCUT2D eigenvalue weighted by atomic mass is 16.3. The van der Waals surface area contributed by atoms with Crippen LogP contribution >= 0.6 is 0 Å². The van der Waals surface area contributed by atoms with E-state index >= 15 is 0 Å². The Morgan fingerprint density at radius 3 is 3.00 bits per heavy atom. The molecule has 1 fully saturated rings. The van der Waals surface area contributed by atoms with E-state index in [0.29, 0.717) is 12.1 Å². The molecule has 0 saturated carbocycles. The van der Waals surface area contributed by atoms with Gasteiger partial charge in [0.1, 0.15) is 0 Å². The van der Waals surface area contributed by atoms with Gasteiger partial charge in [0.15, 0.2) is 0 Å². The molecule has 2 N–H and O–H groups in total. The fourth-order valence-electron chi connectivity index (χ4n) is 2.52. The van der Waals surface area contributed by atoms with Crippen LogP contribution in [0.15, 0.2) is 6.07 Å². The van der Waals surface area contributed by atoms with Gasteiger partial charge in [0.05, 0.1) is 24.0 Å². The molecule has 2 rings (SSSR count). The summed E-state index contributed by atoms with van der Waals surface area (Å²) in [6.45, 7) is 5.67. The lowest BCUT2D eigenvalue weighted by molar-refractivity contribution is 0.109. The van der Waals surface area contributed by atoms with Crippen molar-refractivity contribution >= 4 is 0 Å². The number of piperidine rings is 1. The van der Waals surface area contributed by atoms with E-state index < -0.39 is 0 Å². The van der Waals surface area contributed by atoms with Gasteiger partial charge in [-0.3, -0.25) is 10.00 Å². The topological polar surface area (TPSA) is 52.1 Å². The second kappa shape index (κ2) is 4.97. The van der Waals surface area contributed by atoms with Crippen LogP contribution in [-0.2, 0) is 6.61 Å². The number of rotatable bonds is 3. The molecular weight excluding hydrogens is 202 g/mol. The Kier molecular flexibility index (Phi) is 3.61. The number of aliphatic hydroxyl groups excluding tert-OH is 1. The second-order valence-electron chi connectivity index (χ2n) is 4.82. The summed E-state index contributed by atoms with van der Waals surface area (Å²) in [5, 5.41) is 16.2. The number of aromatic nitrogens is 2. The van der Waals surface area contributed by atoms with Crippen LogP contribution in [0.25, 0.3) is 0 Å². The van der Waals surface area contributed by atoms with Crippen LogP contribution in [0.1, 0.15) is 50.5 Å². The van der Waals surface area contributed by atoms with Crippen LogP contribution in [0.5, 0.6) is 0 Å². The molecule has 0 aliphatic carbocycles. The molecule has 0 unspecified atom stereocenters. The predicted octanol–water partition coefficient (Wildman–Crippen LogP) is 1.84. The van der Waals surface area contributed by atoms with E-state index in [2.05, 4.69) is 28.9 Å². The molecule has 1 aliphatic heterocycles. The van der Waals surface area contributed by atoms with Crippen molar-refractivity contribution in [1.82, 2.24) is 15.1 Å². The monoisotopic (exact) mass is 223 g/mol. The van der Waals surface area contributed by atoms with E-state index in [4.69, 9.17) is 5.11 Å². The minimum atomic E-state index is 0.0431. The third-order valence-corrected chi connectivity index (χ3v) is 3.37. The lowest BCUT2D eigenvalue weighted by Gasteiger charge is -2.37. The summed E-state index contributed by atoms with van der Waals surface area (Å²) in [4.78, 5) is 2.50. The predicted molar refractivity (Wildman–Crippen MR) is 62.9 cm³/mol. The average Bonchev–Trinajstić information content (AvgIpc) is 2.77. The van der Waals surface area contributed by atoms with Crippen molar-refractivity contribution < 1.29 is 5.11 Å². The Bertz CT molecular complexity index is 335. The van der Waals surface area contributed by atoms with Gasteiger partial charge in [-0.1, -0.05) is 6.42 Å². The Morgan fingerprint density at radius 1 is 1.56 bits per heavy atom. The fraction of sp³-hybridized carbons (Fsp3) is 0.750. The van der Waals surface area contributed by atoms with Crippen LogP contribution < -0.4 is 0 Å². The fourth-order valence-corrected chi connectivity index (χ4v) is 2.52. The lowest BCUT2D eigenvalue weighted by Crippen LogP contribution is -2.38. The number of H-pyrrole nitrogens is 1. The molecule has 1 aromatic heterocycles. The van der Waals surface area contributed by atoms with Crippen molar-refractivity contribution in [2.75, 3.05) is 6.54 Å². The molecule has 1 aliphatic rings. The highest BCUT2D eigenvalue weighted by Crippen LogP contribution is 2.31. The maximum atomic E-state index is 9.04. The highest BCUT2D eigenvalue weighted by molar-refractivity contribution is 5.13. The number of hydrogen-bond donors (Lipinski definition) is 2. The van der Waals surface area contributed by atoms with Gasteiger partial charge >= 0.3 is 0 Å². The third kappa shape index (κ3) is 2.28. The summed E-state index contributed by atoms with van der Waals surface area (Å²) < 4.78 is 0. The minimum Gasteiger partial charge on any atom is -0.390 e. The van der Waals surface area contributed by atoms with Crippen LogP contribution in [0, 0.1) is 0 Å². The van der Waals surface area contributed by atoms with E-state index in [0.717, 1.165) is 17.9 Å². The van der Waals surface area contributed by atoms with E-state index in [1.54, 1.807) is 0 Å². The summed E-state index contributed by atoms with van der Waals surface area (Å²) >= 11 is 0. The number of nitrogens with one attached hydrogen (secondary N) is 1. The molecule has 0 aromatic carbocycles. The van der Waals surface area contributed by atoms with Gasteiger partial charge in [0, 0.05) is 6.04 Å². The van der Waals surface area contributed by atoms with Crippen molar-refractivity contribution in [1.29, 1.82) is 0 Å². The molecule has 4 heteroatoms. The van der Waals surface area contributed by atoms with Crippen LogP contribution in [0.2, 0.25) is 0 Å². The average molecular weight is 223 g/mol. The van der Waals surface area contributed by atoms with E-state index in [1.165, 1.54) is 19.3 Å². The summed E-state index contributed by atoms with van der Waals surface area (Å²) in [7, 11) is 0. The van der Waals surface area contributed by atoms with Gasteiger partial charge in [-0.2, -0.15) is 5.10 Å². The number of nitrogens with zero attached hydrogens (tertiary/aromatic N) is 2. The molecular formula is C12H21N3O. The quantitative estimate of drug-likeness (QED) is 0.822. The maximum Gasteiger partial charge on any atom is 0.0847 e. The van der Waals surface area contributed by atoms with E-state index in [9.17, 15) is 0 Å². The molecule has 16 heavy (non-hydrogen) atoms. The maximum absolute atomic E-state index is 9.04. The number of hydrogen-bond acceptors (Lipinski definition) is 3. The number of aromatic amines is 1. The zero-order valence-electron chi connectivity index (χ0n) is 10.1. The first kappa shape index (κ1) is 11.6. The van der Waals surface area contributed by atoms with E-state index in [1.807, 2.05) is 6.07 Å². The highest BCUT2D eigenvalue weighted by Gasteiger charge is 2.27. The lowest BCUT2D eigenvalue weighted by atomic mass is 9.97. The first-order valence-corrected chi connectivity index (χ1v) is 6.13. The molecule has 1 saturated heterocycles. The summed E-state index contributed by atoms with van der Waals surface area (Å²) in [5.41, 5.74) is 1.89. The molecule has 0 bridgehead atoms. The van der Waals surface area contributed by atoms with Crippen molar-refractivity contribution in [3.8, 4) is 0 Å². The van der Waals surface area contributed by atoms with Gasteiger partial charge in [-0.25, -0.2) is 0 Å². The summed E-state index contributed by atoms with van der Waals surface area (Å²) in [6, 6.07) is 2.97. The van der Waals surface area contributed by atoms with Gasteiger partial charge in [-0.15, -0.1) is 0 Å². The van der Waals surface area contributed by atoms with Gasteiger partial charge in [0.25, 0.3) is 0 Å². The Balaban J connectivity index is 2.16. The molecule has 0 spiro atoms. The Hall–Kier alpha value is -0.870. The van der Waals surface area contributed by atoms with E-state index in [-0.39, 0.29) is 6.61 Å². The second-order valence-corrected chi connectivity index (χ2v) is 4.82. The number of likely N-dealkylation sites (tertiary alicyclic amines) is 1. The minimum absolute atomic E-state index is 0.0431. The van der Waals surface area contributed by atoms with Crippen molar-refractivity contribution in [3.63, 3.8) is 0 Å². The van der Waals surface area contributed by atoms with Crippen molar-refractivity contribution in [2.24, 2.45) is 0 Å². The zero-order valence-corrected chi connectivity index (χ0v) is 10.1. The first-order chi connectivity index (χ1) is 7.72. The third-order valence-electron chi connectivity index (χ3n) is 3.37. The van der Waals surface area contributed by atoms with Gasteiger partial charge in [0.2, 0.25) is 0 Å². The first-order valence-electron chi connectivity index (χ1n) is 6.13. The van der Waals surface area contributed by atoms with Crippen molar-refractivity contribution in [3.05, 3.63) is 17.5 Å². The van der Waals surface area contributed by atoms with Crippen LogP contribution in [0.3, 0.4) is 0 Å². The Labute approximate surface area is 96.7 Å². The molecule has 0 radical (unpaired) electrons. The zero-order chi connectivity index (χ0) is 11.5. The summed E-state index contributed by atoms with van der Waals surface area (Å²) in [6.07, 6.45) is 3.73. The molecule has 4 nitrogen and oxygen atoms in total. The van der Waals surface area contributed by atoms with Crippen LogP contribution in [-0.4, -0.2) is 32.8 Å². The SMILES string of the molecule is CC(C)N1CCCC[C@H]1c1cc(CO)[nH]n1. The van der Waals surface area contributed by atoms with Crippen molar-refractivity contribution in [2.45, 2.75) is 51.8 Å². The smallest absolute Gasteiger partial charge is 0.0847 e. The van der Waals surface area contributed by atoms with Gasteiger partial charge < -0.3 is 5.11 Å². The number of aliphatic hydroxyl groups is 1. The molecule has 1 aromatic rings. The van der Waals surface area contributed by atoms with Gasteiger partial charge in [-0.05, 0) is 39.3 Å².